The van der Waals surface area contributed by atoms with Crippen LogP contribution in [-0.4, -0.2) is 59.5 Å². The highest BCUT2D eigenvalue weighted by Crippen LogP contribution is 2.27. The molecule has 1 amide bonds. The lowest BCUT2D eigenvalue weighted by Crippen LogP contribution is -2.38. The monoisotopic (exact) mass is 484 g/mol. The van der Waals surface area contributed by atoms with Crippen molar-refractivity contribution in [3.8, 4) is 0 Å². The Kier molecular flexibility index (Phi) is 6.24. The summed E-state index contributed by atoms with van der Waals surface area (Å²) in [6, 6.07) is 1.57. The van der Waals surface area contributed by atoms with E-state index in [0.717, 1.165) is 42.3 Å². The van der Waals surface area contributed by atoms with Crippen LogP contribution >= 0.6 is 11.8 Å². The number of amides is 1. The van der Waals surface area contributed by atoms with Crippen molar-refractivity contribution >= 4 is 34.5 Å². The summed E-state index contributed by atoms with van der Waals surface area (Å²) in [4.78, 5) is 64.7. The highest BCUT2D eigenvalue weighted by molar-refractivity contribution is 8.00. The molecule has 0 aromatic carbocycles. The minimum absolute atomic E-state index is 0.0108. The van der Waals surface area contributed by atoms with Gasteiger partial charge in [-0.2, -0.15) is 0 Å². The lowest BCUT2D eigenvalue weighted by Gasteiger charge is -2.19. The van der Waals surface area contributed by atoms with Crippen LogP contribution < -0.4 is 11.2 Å². The number of rotatable bonds is 5. The number of H-pyrrole nitrogens is 1. The van der Waals surface area contributed by atoms with Crippen molar-refractivity contribution in [1.29, 1.82) is 0 Å². The number of thioether (sulfide) groups is 1. The Labute approximate surface area is 200 Å². The zero-order valence-electron chi connectivity index (χ0n) is 20.0. The van der Waals surface area contributed by atoms with E-state index in [0.29, 0.717) is 22.1 Å². The Balaban J connectivity index is 1.65. The van der Waals surface area contributed by atoms with Crippen LogP contribution in [0.3, 0.4) is 0 Å². The zero-order chi connectivity index (χ0) is 24.8. The van der Waals surface area contributed by atoms with E-state index in [9.17, 15) is 19.2 Å². The van der Waals surface area contributed by atoms with Crippen molar-refractivity contribution in [2.75, 3.05) is 18.8 Å². The van der Waals surface area contributed by atoms with Gasteiger partial charge in [0, 0.05) is 44.4 Å². The van der Waals surface area contributed by atoms with Crippen molar-refractivity contribution in [2.24, 2.45) is 14.1 Å². The summed E-state index contributed by atoms with van der Waals surface area (Å²) in [5, 5.41) is 0.553. The van der Waals surface area contributed by atoms with Crippen molar-refractivity contribution in [3.05, 3.63) is 50.2 Å². The molecule has 0 aliphatic carbocycles. The number of Topliss-reactive ketones (excluding diaryl/α,β-unsaturated/α-hetero) is 1. The number of carbonyl (C=O) groups excluding carboxylic acids is 2. The van der Waals surface area contributed by atoms with Crippen molar-refractivity contribution in [3.63, 3.8) is 0 Å². The molecule has 4 heterocycles. The molecule has 0 bridgehead atoms. The molecule has 0 unspecified atom stereocenters. The molecule has 180 valence electrons. The first kappa shape index (κ1) is 23.9. The fourth-order valence-electron chi connectivity index (χ4n) is 3.86. The molecule has 1 N–H and O–H groups in total. The van der Waals surface area contributed by atoms with Gasteiger partial charge in [0.05, 0.1) is 5.75 Å². The molecule has 34 heavy (non-hydrogen) atoms. The molecule has 3 aromatic heterocycles. The fourth-order valence-corrected chi connectivity index (χ4v) is 4.76. The molecule has 4 rings (SSSR count). The predicted octanol–water partition coefficient (Wildman–Crippen LogP) is 1.86. The number of aromatic amines is 1. The topological polar surface area (TPSA) is 123 Å². The van der Waals surface area contributed by atoms with Gasteiger partial charge in [-0.3, -0.25) is 23.5 Å². The minimum atomic E-state index is -0.506. The van der Waals surface area contributed by atoms with Crippen LogP contribution in [0.25, 0.3) is 11.0 Å². The maximum atomic E-state index is 12.9. The normalized spacial score (nSPS) is 14.2. The SMILES string of the molecule is Cn1c(=O)c2c(SCC(=O)c3c[nH]c(C(=O)N4CCCC4)c3)nc(C(C)(C)C)nc2n(C)c1=O. The van der Waals surface area contributed by atoms with Gasteiger partial charge in [-0.15, -0.1) is 0 Å². The third kappa shape index (κ3) is 4.31. The highest BCUT2D eigenvalue weighted by atomic mass is 32.2. The minimum Gasteiger partial charge on any atom is -0.356 e. The van der Waals surface area contributed by atoms with Crippen molar-refractivity contribution in [1.82, 2.24) is 29.0 Å². The lowest BCUT2D eigenvalue weighted by atomic mass is 9.96. The average molecular weight is 485 g/mol. The third-order valence-electron chi connectivity index (χ3n) is 5.91. The van der Waals surface area contributed by atoms with Crippen LogP contribution in [0.2, 0.25) is 0 Å². The maximum absolute atomic E-state index is 12.9. The molecular weight excluding hydrogens is 456 g/mol. The number of nitrogens with zero attached hydrogens (tertiary/aromatic N) is 5. The van der Waals surface area contributed by atoms with Crippen LogP contribution in [0.1, 0.15) is 60.3 Å². The Morgan fingerprint density at radius 3 is 2.41 bits per heavy atom. The summed E-state index contributed by atoms with van der Waals surface area (Å²) in [6.07, 6.45) is 3.51. The summed E-state index contributed by atoms with van der Waals surface area (Å²) in [6.45, 7) is 7.26. The van der Waals surface area contributed by atoms with Gasteiger partial charge in [0.2, 0.25) is 0 Å². The zero-order valence-corrected chi connectivity index (χ0v) is 20.8. The standard InChI is InChI=1S/C23H28N6O4S/c1-23(2,3)21-25-17-16(20(32)28(5)22(33)27(17)4)18(26-21)34-12-15(30)13-10-14(24-11-13)19(31)29-8-6-7-9-29/h10-11,24H,6-9,12H2,1-5H3. The Morgan fingerprint density at radius 1 is 1.09 bits per heavy atom. The van der Waals surface area contributed by atoms with Crippen LogP contribution in [0, 0.1) is 0 Å². The molecule has 0 radical (unpaired) electrons. The van der Waals surface area contributed by atoms with Gasteiger partial charge < -0.3 is 9.88 Å². The molecular formula is C23H28N6O4S. The summed E-state index contributed by atoms with van der Waals surface area (Å²) < 4.78 is 2.33. The van der Waals surface area contributed by atoms with Gasteiger partial charge >= 0.3 is 5.69 Å². The molecule has 3 aromatic rings. The second kappa shape index (κ2) is 8.86. The lowest BCUT2D eigenvalue weighted by molar-refractivity contribution is 0.0787. The smallest absolute Gasteiger partial charge is 0.332 e. The Morgan fingerprint density at radius 2 is 1.76 bits per heavy atom. The van der Waals surface area contributed by atoms with Crippen LogP contribution in [0.5, 0.6) is 0 Å². The van der Waals surface area contributed by atoms with Crippen LogP contribution in [-0.2, 0) is 19.5 Å². The van der Waals surface area contributed by atoms with Gasteiger partial charge in [0.15, 0.2) is 11.4 Å². The van der Waals surface area contributed by atoms with Gasteiger partial charge in [0.1, 0.15) is 21.9 Å². The summed E-state index contributed by atoms with van der Waals surface area (Å²) in [5.41, 5.74) is -0.399. The maximum Gasteiger partial charge on any atom is 0.332 e. The molecule has 1 aliphatic heterocycles. The number of hydrogen-bond donors (Lipinski definition) is 1. The van der Waals surface area contributed by atoms with Gasteiger partial charge in [0.25, 0.3) is 11.5 Å². The highest BCUT2D eigenvalue weighted by Gasteiger charge is 2.25. The molecule has 0 atom stereocenters. The summed E-state index contributed by atoms with van der Waals surface area (Å²) in [7, 11) is 2.96. The molecule has 1 saturated heterocycles. The molecule has 1 aliphatic rings. The number of nitrogens with one attached hydrogen (secondary N) is 1. The van der Waals surface area contributed by atoms with Crippen molar-refractivity contribution < 1.29 is 9.59 Å². The van der Waals surface area contributed by atoms with E-state index in [1.54, 1.807) is 18.0 Å². The van der Waals surface area contributed by atoms with Gasteiger partial charge in [-0.25, -0.2) is 14.8 Å². The number of aryl methyl sites for hydroxylation is 1. The second-order valence-corrected chi connectivity index (χ2v) is 10.5. The second-order valence-electron chi connectivity index (χ2n) is 9.52. The van der Waals surface area contributed by atoms with E-state index >= 15 is 0 Å². The number of ketones is 1. The summed E-state index contributed by atoms with van der Waals surface area (Å²) in [5.74, 6) is 0.174. The van der Waals surface area contributed by atoms with Crippen molar-refractivity contribution in [2.45, 2.75) is 44.1 Å². The number of fused-ring (bicyclic) bond motifs is 1. The third-order valence-corrected chi connectivity index (χ3v) is 6.88. The van der Waals surface area contributed by atoms with Gasteiger partial charge in [-0.1, -0.05) is 32.5 Å². The van der Waals surface area contributed by atoms with E-state index in [1.807, 2.05) is 20.8 Å². The molecule has 0 saturated carbocycles. The number of carbonyl (C=O) groups is 2. The number of aromatic nitrogens is 5. The van der Waals surface area contributed by atoms with E-state index in [1.165, 1.54) is 17.8 Å². The molecule has 11 heteroatoms. The first-order valence-corrected chi connectivity index (χ1v) is 12.1. The molecule has 0 spiro atoms. The Hall–Kier alpha value is -3.21. The Bertz CT molecular complexity index is 1410. The quantitative estimate of drug-likeness (QED) is 0.333. The van der Waals surface area contributed by atoms with Crippen LogP contribution in [0.15, 0.2) is 26.9 Å². The average Bonchev–Trinajstić information content (AvgIpc) is 3.50. The fraction of sp³-hybridized carbons (Fsp3) is 0.478. The van der Waals surface area contributed by atoms with E-state index in [2.05, 4.69) is 15.0 Å². The predicted molar refractivity (Wildman–Crippen MR) is 130 cm³/mol. The van der Waals surface area contributed by atoms with E-state index in [4.69, 9.17) is 0 Å². The molecule has 10 nitrogen and oxygen atoms in total. The molecule has 1 fully saturated rings. The van der Waals surface area contributed by atoms with E-state index in [-0.39, 0.29) is 28.5 Å². The summed E-state index contributed by atoms with van der Waals surface area (Å²) >= 11 is 1.12. The first-order valence-electron chi connectivity index (χ1n) is 11.1. The van der Waals surface area contributed by atoms with E-state index < -0.39 is 16.7 Å². The number of likely N-dealkylation sites (tertiary alicyclic amines) is 1. The van der Waals surface area contributed by atoms with Gasteiger partial charge in [-0.05, 0) is 18.9 Å². The number of hydrogen-bond acceptors (Lipinski definition) is 7. The van der Waals surface area contributed by atoms with Crippen LogP contribution in [0.4, 0.5) is 0 Å². The first-order chi connectivity index (χ1) is 16.0. The largest absolute Gasteiger partial charge is 0.356 e.